The van der Waals surface area contributed by atoms with E-state index in [1.54, 1.807) is 6.92 Å². The van der Waals surface area contributed by atoms with Crippen LogP contribution in [0.15, 0.2) is 54.6 Å². The van der Waals surface area contributed by atoms with Gasteiger partial charge in [0.25, 0.3) is 0 Å². The zero-order chi connectivity index (χ0) is 25.8. The summed E-state index contributed by atoms with van der Waals surface area (Å²) in [6.45, 7) is 5.49. The molecule has 0 saturated carbocycles. The summed E-state index contributed by atoms with van der Waals surface area (Å²) in [5.74, 6) is 0.257. The number of fused-ring (bicyclic) bond motifs is 3. The normalized spacial score (nSPS) is 22.6. The highest BCUT2D eigenvalue weighted by Crippen LogP contribution is 2.32. The zero-order valence-corrected chi connectivity index (χ0v) is 21.8. The summed E-state index contributed by atoms with van der Waals surface area (Å²) in [5, 5.41) is 0. The Morgan fingerprint density at radius 3 is 2.43 bits per heavy atom. The lowest BCUT2D eigenvalue weighted by Gasteiger charge is -2.34. The summed E-state index contributed by atoms with van der Waals surface area (Å²) in [6.07, 6.45) is 4.80. The molecule has 3 aliphatic rings. The average molecular weight is 503 g/mol. The van der Waals surface area contributed by atoms with Gasteiger partial charge in [0.15, 0.2) is 0 Å². The van der Waals surface area contributed by atoms with Crippen molar-refractivity contribution in [1.82, 2.24) is 14.7 Å². The van der Waals surface area contributed by atoms with Crippen LogP contribution in [0.4, 0.5) is 5.69 Å². The molecule has 0 aliphatic carbocycles. The Hall–Kier alpha value is -3.19. The Bertz CT molecular complexity index is 1120. The molecule has 3 aliphatic heterocycles. The van der Waals surface area contributed by atoms with Gasteiger partial charge >= 0.3 is 0 Å². The highest BCUT2D eigenvalue weighted by molar-refractivity contribution is 5.92. The number of anilines is 1. The average Bonchev–Trinajstić information content (AvgIpc) is 3.47. The Morgan fingerprint density at radius 1 is 0.919 bits per heavy atom. The van der Waals surface area contributed by atoms with Gasteiger partial charge in [-0.3, -0.25) is 19.3 Å². The Balaban J connectivity index is 1.44. The number of carbonyl (C=O) groups is 3. The molecule has 7 heteroatoms. The smallest absolute Gasteiger partial charge is 0.224 e. The van der Waals surface area contributed by atoms with Crippen molar-refractivity contribution in [3.8, 4) is 0 Å². The topological polar surface area (TPSA) is 64.2 Å². The summed E-state index contributed by atoms with van der Waals surface area (Å²) in [5.41, 5.74) is 3.16. The monoisotopic (exact) mass is 502 g/mol. The van der Waals surface area contributed by atoms with Crippen LogP contribution in [0.5, 0.6) is 0 Å². The van der Waals surface area contributed by atoms with Gasteiger partial charge in [-0.25, -0.2) is 0 Å². The molecule has 2 saturated heterocycles. The molecule has 196 valence electrons. The number of hydrogen-bond donors (Lipinski definition) is 0. The molecule has 0 unspecified atom stereocenters. The third kappa shape index (κ3) is 5.87. The van der Waals surface area contributed by atoms with Gasteiger partial charge in [0.1, 0.15) is 0 Å². The van der Waals surface area contributed by atoms with Crippen LogP contribution in [0, 0.1) is 0 Å². The van der Waals surface area contributed by atoms with Gasteiger partial charge in [-0.15, -0.1) is 0 Å². The second-order valence-corrected chi connectivity index (χ2v) is 10.6. The standard InChI is InChI=1S/C30H38N4O3/c1-23(35)33-19-15-26-13-14-27(34(26)20-24-8-3-2-4-9-24)22-32(21-25-10-5-6-11-28(25)33)30(37)16-18-31-17-7-12-29(31)36/h2-6,8-11,26-27H,7,12-22H2,1H3/t26-,27+/m0/s1. The van der Waals surface area contributed by atoms with Gasteiger partial charge in [-0.05, 0) is 42.9 Å². The number of hydrogen-bond acceptors (Lipinski definition) is 4. The first-order valence-corrected chi connectivity index (χ1v) is 13.7. The Kier molecular flexibility index (Phi) is 7.89. The summed E-state index contributed by atoms with van der Waals surface area (Å²) >= 11 is 0. The largest absolute Gasteiger partial charge is 0.342 e. The molecule has 3 amide bonds. The van der Waals surface area contributed by atoms with Gasteiger partial charge in [-0.2, -0.15) is 0 Å². The zero-order valence-electron chi connectivity index (χ0n) is 21.8. The summed E-state index contributed by atoms with van der Waals surface area (Å²) in [4.78, 5) is 46.8. The van der Waals surface area contributed by atoms with Crippen LogP contribution in [-0.4, -0.2) is 70.7 Å². The molecule has 7 nitrogen and oxygen atoms in total. The number of likely N-dealkylation sites (tertiary alicyclic amines) is 1. The maximum atomic E-state index is 13.7. The Labute approximate surface area is 220 Å². The van der Waals surface area contributed by atoms with E-state index in [0.717, 1.165) is 50.0 Å². The van der Waals surface area contributed by atoms with Crippen molar-refractivity contribution >= 4 is 23.4 Å². The minimum atomic E-state index is 0.0290. The highest BCUT2D eigenvalue weighted by Gasteiger charge is 2.36. The van der Waals surface area contributed by atoms with E-state index in [-0.39, 0.29) is 23.8 Å². The molecular formula is C30H38N4O3. The van der Waals surface area contributed by atoms with Crippen molar-refractivity contribution in [3.63, 3.8) is 0 Å². The number of rotatable bonds is 5. The number of amides is 3. The van der Waals surface area contributed by atoms with Gasteiger partial charge < -0.3 is 14.7 Å². The maximum Gasteiger partial charge on any atom is 0.224 e. The minimum absolute atomic E-state index is 0.0290. The van der Waals surface area contributed by atoms with Crippen molar-refractivity contribution in [2.75, 3.05) is 31.1 Å². The molecule has 3 heterocycles. The van der Waals surface area contributed by atoms with Crippen molar-refractivity contribution in [1.29, 1.82) is 0 Å². The van der Waals surface area contributed by atoms with E-state index < -0.39 is 0 Å². The molecule has 0 N–H and O–H groups in total. The summed E-state index contributed by atoms with van der Waals surface area (Å²) < 4.78 is 0. The SMILES string of the molecule is CC(=O)N1CC[C@@H]2CC[C@H](CN(C(=O)CCN3CCCC3=O)Cc3ccccc31)N2Cc1ccccc1. The molecule has 2 aromatic rings. The van der Waals surface area contributed by atoms with Crippen LogP contribution in [0.25, 0.3) is 0 Å². The summed E-state index contributed by atoms with van der Waals surface area (Å²) in [6, 6.07) is 19.1. The molecule has 2 atom stereocenters. The van der Waals surface area contributed by atoms with Crippen molar-refractivity contribution in [3.05, 3.63) is 65.7 Å². The van der Waals surface area contributed by atoms with Crippen molar-refractivity contribution in [2.45, 2.75) is 70.6 Å². The van der Waals surface area contributed by atoms with Crippen LogP contribution in [0.2, 0.25) is 0 Å². The van der Waals surface area contributed by atoms with Crippen LogP contribution in [-0.2, 0) is 27.5 Å². The lowest BCUT2D eigenvalue weighted by atomic mass is 10.1. The van der Waals surface area contributed by atoms with E-state index >= 15 is 0 Å². The summed E-state index contributed by atoms with van der Waals surface area (Å²) in [7, 11) is 0. The van der Waals surface area contributed by atoms with E-state index in [2.05, 4.69) is 29.2 Å². The maximum absolute atomic E-state index is 13.7. The van der Waals surface area contributed by atoms with Gasteiger partial charge in [0, 0.05) is 76.8 Å². The molecule has 0 spiro atoms. The second-order valence-electron chi connectivity index (χ2n) is 10.6. The van der Waals surface area contributed by atoms with E-state index in [4.69, 9.17) is 0 Å². The third-order valence-corrected chi connectivity index (χ3v) is 8.24. The molecule has 2 bridgehead atoms. The lowest BCUT2D eigenvalue weighted by molar-refractivity contribution is -0.134. The molecule has 5 rings (SSSR count). The molecule has 37 heavy (non-hydrogen) atoms. The number of benzene rings is 2. The van der Waals surface area contributed by atoms with Crippen LogP contribution < -0.4 is 4.90 Å². The Morgan fingerprint density at radius 2 is 1.68 bits per heavy atom. The van der Waals surface area contributed by atoms with Gasteiger partial charge in [0.05, 0.1) is 0 Å². The molecule has 0 aromatic heterocycles. The van der Waals surface area contributed by atoms with Crippen LogP contribution in [0.1, 0.15) is 56.6 Å². The highest BCUT2D eigenvalue weighted by atomic mass is 16.2. The van der Waals surface area contributed by atoms with Crippen LogP contribution in [0.3, 0.4) is 0 Å². The van der Waals surface area contributed by atoms with Gasteiger partial charge in [-0.1, -0.05) is 48.5 Å². The predicted molar refractivity (Wildman–Crippen MR) is 144 cm³/mol. The second kappa shape index (κ2) is 11.5. The predicted octanol–water partition coefficient (Wildman–Crippen LogP) is 3.82. The quantitative estimate of drug-likeness (QED) is 0.624. The first kappa shape index (κ1) is 25.5. The van der Waals surface area contributed by atoms with Crippen LogP contribution >= 0.6 is 0 Å². The first-order chi connectivity index (χ1) is 18.0. The molecule has 0 radical (unpaired) electrons. The third-order valence-electron chi connectivity index (χ3n) is 8.24. The van der Waals surface area contributed by atoms with E-state index in [0.29, 0.717) is 45.1 Å². The van der Waals surface area contributed by atoms with Crippen molar-refractivity contribution in [2.24, 2.45) is 0 Å². The molecular weight excluding hydrogens is 464 g/mol. The van der Waals surface area contributed by atoms with E-state index in [1.807, 2.05) is 45.0 Å². The number of nitrogens with zero attached hydrogens (tertiary/aromatic N) is 4. The molecule has 2 fully saturated rings. The lowest BCUT2D eigenvalue weighted by Crippen LogP contribution is -2.45. The van der Waals surface area contributed by atoms with E-state index in [9.17, 15) is 14.4 Å². The van der Waals surface area contributed by atoms with Crippen molar-refractivity contribution < 1.29 is 14.4 Å². The fraction of sp³-hybridized carbons (Fsp3) is 0.500. The fourth-order valence-corrected chi connectivity index (χ4v) is 6.25. The number of para-hydroxylation sites is 1. The number of carbonyl (C=O) groups excluding carboxylic acids is 3. The fourth-order valence-electron chi connectivity index (χ4n) is 6.25. The van der Waals surface area contributed by atoms with Gasteiger partial charge in [0.2, 0.25) is 17.7 Å². The minimum Gasteiger partial charge on any atom is -0.342 e. The first-order valence-electron chi connectivity index (χ1n) is 13.7. The molecule has 2 aromatic carbocycles. The van der Waals surface area contributed by atoms with E-state index in [1.165, 1.54) is 5.56 Å².